The van der Waals surface area contributed by atoms with Gasteiger partial charge in [-0.25, -0.2) is 4.39 Å². The molecule has 0 bridgehead atoms. The van der Waals surface area contributed by atoms with E-state index in [1.165, 1.54) is 12.1 Å². The van der Waals surface area contributed by atoms with E-state index in [4.69, 9.17) is 0 Å². The molecule has 2 aliphatic heterocycles. The Hall–Kier alpha value is -2.20. The summed E-state index contributed by atoms with van der Waals surface area (Å²) < 4.78 is 13.1. The van der Waals surface area contributed by atoms with Crippen molar-refractivity contribution in [2.45, 2.75) is 31.3 Å². The van der Waals surface area contributed by atoms with Gasteiger partial charge in [-0.3, -0.25) is 9.69 Å². The fourth-order valence-corrected chi connectivity index (χ4v) is 4.06. The Morgan fingerprint density at radius 3 is 2.36 bits per heavy atom. The first-order valence-electron chi connectivity index (χ1n) is 8.96. The van der Waals surface area contributed by atoms with Crippen molar-refractivity contribution in [3.63, 3.8) is 0 Å². The first-order chi connectivity index (χ1) is 12.1. The van der Waals surface area contributed by atoms with Crippen LogP contribution in [0.3, 0.4) is 0 Å². The summed E-state index contributed by atoms with van der Waals surface area (Å²) in [6, 6.07) is 16.7. The van der Waals surface area contributed by atoms with Crippen LogP contribution in [-0.4, -0.2) is 40.9 Å². The van der Waals surface area contributed by atoms with E-state index in [2.05, 4.69) is 4.90 Å². The molecule has 0 radical (unpaired) electrons. The maximum absolute atomic E-state index is 13.1. The SMILES string of the molecule is O=C(Cc1ccccc1)N1CC[C@]2(CCN2Cc2ccc(F)cc2)C1. The van der Waals surface area contributed by atoms with Crippen molar-refractivity contribution >= 4 is 5.91 Å². The van der Waals surface area contributed by atoms with Gasteiger partial charge in [-0.15, -0.1) is 0 Å². The summed E-state index contributed by atoms with van der Waals surface area (Å²) in [5.41, 5.74) is 2.33. The van der Waals surface area contributed by atoms with Crippen LogP contribution >= 0.6 is 0 Å². The summed E-state index contributed by atoms with van der Waals surface area (Å²) in [5, 5.41) is 0. The molecule has 1 atom stereocenters. The van der Waals surface area contributed by atoms with Crippen molar-refractivity contribution in [2.75, 3.05) is 19.6 Å². The number of likely N-dealkylation sites (tertiary alicyclic amines) is 2. The molecule has 1 amide bonds. The summed E-state index contributed by atoms with van der Waals surface area (Å²) in [7, 11) is 0. The molecule has 4 heteroatoms. The first kappa shape index (κ1) is 16.3. The van der Waals surface area contributed by atoms with Crippen molar-refractivity contribution in [3.05, 3.63) is 71.5 Å². The highest BCUT2D eigenvalue weighted by Crippen LogP contribution is 2.40. The average Bonchev–Trinajstić information content (AvgIpc) is 3.09. The number of carbonyl (C=O) groups excluding carboxylic acids is 1. The molecule has 0 saturated carbocycles. The Labute approximate surface area is 148 Å². The van der Waals surface area contributed by atoms with Crippen LogP contribution < -0.4 is 0 Å². The Balaban J connectivity index is 1.37. The molecule has 25 heavy (non-hydrogen) atoms. The molecule has 2 aromatic rings. The minimum absolute atomic E-state index is 0.126. The van der Waals surface area contributed by atoms with Crippen molar-refractivity contribution < 1.29 is 9.18 Å². The second kappa shape index (κ2) is 6.60. The zero-order valence-corrected chi connectivity index (χ0v) is 14.3. The molecule has 2 saturated heterocycles. The van der Waals surface area contributed by atoms with E-state index in [0.29, 0.717) is 6.42 Å². The zero-order valence-electron chi connectivity index (χ0n) is 14.3. The van der Waals surface area contributed by atoms with Crippen LogP contribution in [0.4, 0.5) is 4.39 Å². The summed E-state index contributed by atoms with van der Waals surface area (Å²) >= 11 is 0. The maximum atomic E-state index is 13.1. The van der Waals surface area contributed by atoms with E-state index in [1.807, 2.05) is 47.4 Å². The van der Waals surface area contributed by atoms with Crippen LogP contribution in [0.1, 0.15) is 24.0 Å². The Morgan fingerprint density at radius 2 is 1.68 bits per heavy atom. The number of hydrogen-bond donors (Lipinski definition) is 0. The van der Waals surface area contributed by atoms with Gasteiger partial charge in [0.15, 0.2) is 0 Å². The van der Waals surface area contributed by atoms with Crippen molar-refractivity contribution in [3.8, 4) is 0 Å². The number of carbonyl (C=O) groups is 1. The van der Waals surface area contributed by atoms with Crippen LogP contribution in [0.25, 0.3) is 0 Å². The van der Waals surface area contributed by atoms with E-state index >= 15 is 0 Å². The lowest BCUT2D eigenvalue weighted by Gasteiger charge is -2.50. The minimum Gasteiger partial charge on any atom is -0.340 e. The normalized spacial score (nSPS) is 23.0. The molecular formula is C21H23FN2O. The monoisotopic (exact) mass is 338 g/mol. The van der Waals surface area contributed by atoms with E-state index in [0.717, 1.165) is 50.1 Å². The van der Waals surface area contributed by atoms with Crippen molar-refractivity contribution in [1.29, 1.82) is 0 Å². The summed E-state index contributed by atoms with van der Waals surface area (Å²) in [4.78, 5) is 17.1. The van der Waals surface area contributed by atoms with Gasteiger partial charge in [-0.05, 0) is 36.1 Å². The first-order valence-corrected chi connectivity index (χ1v) is 8.96. The number of nitrogens with zero attached hydrogens (tertiary/aromatic N) is 2. The maximum Gasteiger partial charge on any atom is 0.227 e. The number of rotatable bonds is 4. The lowest BCUT2D eigenvalue weighted by molar-refractivity contribution is -0.130. The molecule has 2 aromatic carbocycles. The number of hydrogen-bond acceptors (Lipinski definition) is 2. The predicted molar refractivity (Wildman–Crippen MR) is 95.5 cm³/mol. The highest BCUT2D eigenvalue weighted by atomic mass is 19.1. The van der Waals surface area contributed by atoms with Gasteiger partial charge < -0.3 is 4.90 Å². The third kappa shape index (κ3) is 3.31. The van der Waals surface area contributed by atoms with Gasteiger partial charge in [-0.2, -0.15) is 0 Å². The Morgan fingerprint density at radius 1 is 0.960 bits per heavy atom. The van der Waals surface area contributed by atoms with Crippen LogP contribution in [0.2, 0.25) is 0 Å². The van der Waals surface area contributed by atoms with E-state index in [-0.39, 0.29) is 17.3 Å². The van der Waals surface area contributed by atoms with Gasteiger partial charge in [0, 0.05) is 31.7 Å². The van der Waals surface area contributed by atoms with Crippen molar-refractivity contribution in [2.24, 2.45) is 0 Å². The molecule has 2 fully saturated rings. The fraction of sp³-hybridized carbons (Fsp3) is 0.381. The molecule has 0 unspecified atom stereocenters. The smallest absolute Gasteiger partial charge is 0.227 e. The number of benzene rings is 2. The van der Waals surface area contributed by atoms with Gasteiger partial charge >= 0.3 is 0 Å². The summed E-state index contributed by atoms with van der Waals surface area (Å²) in [6.45, 7) is 3.55. The Bertz CT molecular complexity index is 746. The van der Waals surface area contributed by atoms with E-state index in [1.54, 1.807) is 0 Å². The molecule has 2 aliphatic rings. The minimum atomic E-state index is -0.194. The van der Waals surface area contributed by atoms with Crippen molar-refractivity contribution in [1.82, 2.24) is 9.80 Å². The van der Waals surface area contributed by atoms with Gasteiger partial charge in [-0.1, -0.05) is 42.5 Å². The highest BCUT2D eigenvalue weighted by molar-refractivity contribution is 5.79. The van der Waals surface area contributed by atoms with Crippen LogP contribution in [0.5, 0.6) is 0 Å². The standard InChI is InChI=1S/C21H23FN2O/c22-19-8-6-18(7-9-19)15-24-13-11-21(24)10-12-23(16-21)20(25)14-17-4-2-1-3-5-17/h1-9H,10-16H2/t21-/m0/s1. The molecule has 130 valence electrons. The van der Waals surface area contributed by atoms with Crippen LogP contribution in [0, 0.1) is 5.82 Å². The number of halogens is 1. The second-order valence-electron chi connectivity index (χ2n) is 7.25. The lowest BCUT2D eigenvalue weighted by Crippen LogP contribution is -2.60. The number of amides is 1. The van der Waals surface area contributed by atoms with Gasteiger partial charge in [0.05, 0.1) is 6.42 Å². The zero-order chi connectivity index (χ0) is 17.3. The van der Waals surface area contributed by atoms with Gasteiger partial charge in [0.2, 0.25) is 5.91 Å². The predicted octanol–water partition coefficient (Wildman–Crippen LogP) is 3.25. The average molecular weight is 338 g/mol. The molecule has 0 N–H and O–H groups in total. The Kier molecular flexibility index (Phi) is 4.30. The van der Waals surface area contributed by atoms with Crippen LogP contribution in [-0.2, 0) is 17.8 Å². The topological polar surface area (TPSA) is 23.6 Å². The molecule has 0 aliphatic carbocycles. The molecule has 4 rings (SSSR count). The molecule has 0 aromatic heterocycles. The molecule has 2 heterocycles. The second-order valence-corrected chi connectivity index (χ2v) is 7.25. The molecular weight excluding hydrogens is 315 g/mol. The van der Waals surface area contributed by atoms with Gasteiger partial charge in [0.1, 0.15) is 5.82 Å². The van der Waals surface area contributed by atoms with E-state index in [9.17, 15) is 9.18 Å². The quantitative estimate of drug-likeness (QED) is 0.854. The van der Waals surface area contributed by atoms with Gasteiger partial charge in [0.25, 0.3) is 0 Å². The third-order valence-electron chi connectivity index (χ3n) is 5.69. The summed E-state index contributed by atoms with van der Waals surface area (Å²) in [6.07, 6.45) is 2.66. The highest BCUT2D eigenvalue weighted by Gasteiger charge is 2.49. The largest absolute Gasteiger partial charge is 0.340 e. The summed E-state index contributed by atoms with van der Waals surface area (Å²) in [5.74, 6) is 0.0253. The molecule has 3 nitrogen and oxygen atoms in total. The third-order valence-corrected chi connectivity index (χ3v) is 5.69. The fourth-order valence-electron chi connectivity index (χ4n) is 4.06. The van der Waals surface area contributed by atoms with E-state index < -0.39 is 0 Å². The van der Waals surface area contributed by atoms with Crippen LogP contribution in [0.15, 0.2) is 54.6 Å². The lowest BCUT2D eigenvalue weighted by atomic mass is 9.83. The molecule has 1 spiro atoms.